The SMILES string of the molecule is COc1ccc2c(c1Br)CC1CC2CN(Cc2ccccc2)C1. The molecule has 1 saturated heterocycles. The molecule has 120 valence electrons. The highest BCUT2D eigenvalue weighted by Crippen LogP contribution is 2.44. The van der Waals surface area contributed by atoms with Gasteiger partial charge in [-0.25, -0.2) is 0 Å². The molecule has 2 aromatic carbocycles. The van der Waals surface area contributed by atoms with Crippen molar-refractivity contribution in [2.24, 2.45) is 5.92 Å². The van der Waals surface area contributed by atoms with Crippen LogP contribution in [0.1, 0.15) is 29.0 Å². The van der Waals surface area contributed by atoms with Gasteiger partial charge in [-0.3, -0.25) is 4.90 Å². The number of benzene rings is 2. The Labute approximate surface area is 146 Å². The molecule has 23 heavy (non-hydrogen) atoms. The Morgan fingerprint density at radius 3 is 2.74 bits per heavy atom. The monoisotopic (exact) mass is 371 g/mol. The molecule has 0 saturated carbocycles. The molecule has 2 bridgehead atoms. The van der Waals surface area contributed by atoms with E-state index in [0.29, 0.717) is 5.92 Å². The summed E-state index contributed by atoms with van der Waals surface area (Å²) >= 11 is 3.77. The fourth-order valence-electron chi connectivity index (χ4n) is 4.30. The highest BCUT2D eigenvalue weighted by atomic mass is 79.9. The van der Waals surface area contributed by atoms with Crippen LogP contribution in [0.25, 0.3) is 0 Å². The van der Waals surface area contributed by atoms with Gasteiger partial charge in [0.2, 0.25) is 0 Å². The molecule has 2 nitrogen and oxygen atoms in total. The fraction of sp³-hybridized carbons (Fsp3) is 0.400. The van der Waals surface area contributed by atoms with Crippen molar-refractivity contribution in [1.82, 2.24) is 4.90 Å². The second kappa shape index (κ2) is 6.29. The topological polar surface area (TPSA) is 12.5 Å². The molecule has 2 aromatic rings. The lowest BCUT2D eigenvalue weighted by molar-refractivity contribution is 0.138. The van der Waals surface area contributed by atoms with E-state index in [1.807, 2.05) is 0 Å². The Balaban J connectivity index is 1.58. The number of ether oxygens (including phenoxy) is 1. The van der Waals surface area contributed by atoms with E-state index >= 15 is 0 Å². The van der Waals surface area contributed by atoms with Crippen LogP contribution in [0.2, 0.25) is 0 Å². The lowest BCUT2D eigenvalue weighted by atomic mass is 9.74. The van der Waals surface area contributed by atoms with Crippen LogP contribution in [-0.4, -0.2) is 25.1 Å². The van der Waals surface area contributed by atoms with Gasteiger partial charge in [-0.05, 0) is 63.4 Å². The van der Waals surface area contributed by atoms with Gasteiger partial charge in [0.25, 0.3) is 0 Å². The summed E-state index contributed by atoms with van der Waals surface area (Å²) in [6.07, 6.45) is 2.49. The van der Waals surface area contributed by atoms with Crippen molar-refractivity contribution >= 4 is 15.9 Å². The number of hydrogen-bond acceptors (Lipinski definition) is 2. The molecule has 0 N–H and O–H groups in total. The van der Waals surface area contributed by atoms with Gasteiger partial charge in [-0.15, -0.1) is 0 Å². The minimum atomic E-state index is 0.656. The summed E-state index contributed by atoms with van der Waals surface area (Å²) in [5.74, 6) is 2.38. The summed E-state index contributed by atoms with van der Waals surface area (Å²) in [4.78, 5) is 2.63. The largest absolute Gasteiger partial charge is 0.496 e. The van der Waals surface area contributed by atoms with Crippen LogP contribution in [0.5, 0.6) is 5.75 Å². The van der Waals surface area contributed by atoms with E-state index < -0.39 is 0 Å². The maximum atomic E-state index is 5.48. The Morgan fingerprint density at radius 2 is 1.96 bits per heavy atom. The first-order valence-electron chi connectivity index (χ1n) is 8.36. The van der Waals surface area contributed by atoms with Gasteiger partial charge in [0, 0.05) is 19.6 Å². The Bertz CT molecular complexity index is 700. The minimum Gasteiger partial charge on any atom is -0.496 e. The number of halogens is 1. The second-order valence-corrected chi connectivity index (χ2v) is 7.63. The van der Waals surface area contributed by atoms with Crippen LogP contribution in [0.15, 0.2) is 46.9 Å². The van der Waals surface area contributed by atoms with Crippen molar-refractivity contribution in [2.75, 3.05) is 20.2 Å². The van der Waals surface area contributed by atoms with Gasteiger partial charge < -0.3 is 4.74 Å². The molecular weight excluding hydrogens is 350 g/mol. The molecule has 0 radical (unpaired) electrons. The van der Waals surface area contributed by atoms with E-state index in [2.05, 4.69) is 63.3 Å². The summed E-state index contributed by atoms with van der Waals surface area (Å²) in [6, 6.07) is 15.2. The maximum Gasteiger partial charge on any atom is 0.133 e. The van der Waals surface area contributed by atoms with Crippen molar-refractivity contribution in [2.45, 2.75) is 25.3 Å². The van der Waals surface area contributed by atoms with Gasteiger partial charge in [-0.2, -0.15) is 0 Å². The van der Waals surface area contributed by atoms with E-state index in [-0.39, 0.29) is 0 Å². The lowest BCUT2D eigenvalue weighted by Crippen LogP contribution is -2.42. The maximum absolute atomic E-state index is 5.48. The molecule has 1 fully saturated rings. The standard InChI is InChI=1S/C20H22BrNO/c1-23-19-8-7-17-16-9-15(10-18(17)20(19)21)12-22(13-16)11-14-5-3-2-4-6-14/h2-8,15-16H,9-13H2,1H3. The molecule has 1 heterocycles. The van der Waals surface area contributed by atoms with Crippen LogP contribution in [0.3, 0.4) is 0 Å². The number of hydrogen-bond donors (Lipinski definition) is 0. The predicted molar refractivity (Wildman–Crippen MR) is 97.0 cm³/mol. The molecule has 3 heteroatoms. The summed E-state index contributed by atoms with van der Waals surface area (Å²) in [5, 5.41) is 0. The highest BCUT2D eigenvalue weighted by molar-refractivity contribution is 9.10. The number of likely N-dealkylation sites (tertiary alicyclic amines) is 1. The van der Waals surface area contributed by atoms with E-state index in [1.54, 1.807) is 7.11 Å². The van der Waals surface area contributed by atoms with Crippen LogP contribution < -0.4 is 4.74 Å². The summed E-state index contributed by atoms with van der Waals surface area (Å²) in [5.41, 5.74) is 4.42. The van der Waals surface area contributed by atoms with Crippen LogP contribution in [0.4, 0.5) is 0 Å². The van der Waals surface area contributed by atoms with Crippen molar-refractivity contribution in [3.63, 3.8) is 0 Å². The third-order valence-corrected chi connectivity index (χ3v) is 6.13. The van der Waals surface area contributed by atoms with E-state index in [9.17, 15) is 0 Å². The normalized spacial score (nSPS) is 23.4. The van der Waals surface area contributed by atoms with Gasteiger partial charge in [-0.1, -0.05) is 36.4 Å². The number of rotatable bonds is 3. The average molecular weight is 372 g/mol. The molecule has 2 aliphatic rings. The van der Waals surface area contributed by atoms with E-state index in [4.69, 9.17) is 4.74 Å². The summed E-state index contributed by atoms with van der Waals surface area (Å²) in [7, 11) is 1.75. The lowest BCUT2D eigenvalue weighted by Gasteiger charge is -2.43. The van der Waals surface area contributed by atoms with Gasteiger partial charge in [0.05, 0.1) is 11.6 Å². The average Bonchev–Trinajstić information content (AvgIpc) is 2.57. The third kappa shape index (κ3) is 2.92. The summed E-state index contributed by atoms with van der Waals surface area (Å²) in [6.45, 7) is 3.44. The van der Waals surface area contributed by atoms with Crippen LogP contribution in [0, 0.1) is 5.92 Å². The third-order valence-electron chi connectivity index (χ3n) is 5.26. The Morgan fingerprint density at radius 1 is 1.13 bits per heavy atom. The van der Waals surface area contributed by atoms with Gasteiger partial charge in [0.15, 0.2) is 0 Å². The smallest absolute Gasteiger partial charge is 0.133 e. The number of nitrogens with zero attached hydrogens (tertiary/aromatic N) is 1. The Hall–Kier alpha value is -1.32. The number of fused-ring (bicyclic) bond motifs is 4. The van der Waals surface area contributed by atoms with Gasteiger partial charge >= 0.3 is 0 Å². The van der Waals surface area contributed by atoms with Crippen molar-refractivity contribution in [3.05, 3.63) is 63.6 Å². The molecular formula is C20H22BrNO. The minimum absolute atomic E-state index is 0.656. The Kier molecular flexibility index (Phi) is 4.16. The fourth-order valence-corrected chi connectivity index (χ4v) is 4.98. The first-order chi connectivity index (χ1) is 11.2. The number of piperidine rings is 1. The molecule has 1 aliphatic heterocycles. The van der Waals surface area contributed by atoms with Crippen molar-refractivity contribution < 1.29 is 4.74 Å². The number of methoxy groups -OCH3 is 1. The molecule has 4 rings (SSSR count). The molecule has 0 aromatic heterocycles. The van der Waals surface area contributed by atoms with E-state index in [0.717, 1.165) is 31.2 Å². The quantitative estimate of drug-likeness (QED) is 0.780. The second-order valence-electron chi connectivity index (χ2n) is 6.83. The zero-order valence-corrected chi connectivity index (χ0v) is 15.1. The molecule has 0 amide bonds. The summed E-state index contributed by atoms with van der Waals surface area (Å²) < 4.78 is 6.65. The van der Waals surface area contributed by atoms with Crippen LogP contribution in [-0.2, 0) is 13.0 Å². The highest BCUT2D eigenvalue weighted by Gasteiger charge is 2.35. The molecule has 2 unspecified atom stereocenters. The van der Waals surface area contributed by atoms with Gasteiger partial charge in [0.1, 0.15) is 5.75 Å². The van der Waals surface area contributed by atoms with Crippen LogP contribution >= 0.6 is 15.9 Å². The van der Waals surface area contributed by atoms with E-state index in [1.165, 1.54) is 34.1 Å². The zero-order valence-electron chi connectivity index (χ0n) is 13.5. The first-order valence-corrected chi connectivity index (χ1v) is 9.15. The van der Waals surface area contributed by atoms with Crippen molar-refractivity contribution in [1.29, 1.82) is 0 Å². The predicted octanol–water partition coefficient (Wildman–Crippen LogP) is 4.62. The molecule has 2 atom stereocenters. The van der Waals surface area contributed by atoms with Crippen molar-refractivity contribution in [3.8, 4) is 5.75 Å². The zero-order chi connectivity index (χ0) is 15.8. The molecule has 1 aliphatic carbocycles. The molecule has 0 spiro atoms. The first kappa shape index (κ1) is 15.2.